The Morgan fingerprint density at radius 3 is 1.71 bits per heavy atom. The summed E-state index contributed by atoms with van der Waals surface area (Å²) in [4.78, 5) is 19.5. The molecule has 0 aliphatic heterocycles. The second kappa shape index (κ2) is 20.5. The standard InChI is InChI=1S/C10H18O.C5H10O/c1-2-3-4-5-6-7-8-9-10-11;1-2-3-4-5-6/h6-7,10H,2-5,8-9H2,1H3;5H,2-4H2,1H3/b7-6-;. The first-order chi connectivity index (χ1) is 8.33. The van der Waals surface area contributed by atoms with Gasteiger partial charge in [0.25, 0.3) is 0 Å². The molecule has 0 bridgehead atoms. The zero-order valence-electron chi connectivity index (χ0n) is 11.5. The van der Waals surface area contributed by atoms with Gasteiger partial charge < -0.3 is 9.59 Å². The lowest BCUT2D eigenvalue weighted by Gasteiger charge is -1.90. The van der Waals surface area contributed by atoms with Gasteiger partial charge >= 0.3 is 0 Å². The first kappa shape index (κ1) is 18.4. The van der Waals surface area contributed by atoms with Crippen molar-refractivity contribution in [2.24, 2.45) is 0 Å². The largest absolute Gasteiger partial charge is 0.303 e. The summed E-state index contributed by atoms with van der Waals surface area (Å²) < 4.78 is 0. The van der Waals surface area contributed by atoms with Crippen LogP contribution in [0.3, 0.4) is 0 Å². The molecular weight excluding hydrogens is 212 g/mol. The lowest BCUT2D eigenvalue weighted by molar-refractivity contribution is -0.108. The average molecular weight is 240 g/mol. The Bertz CT molecular complexity index is 174. The summed E-state index contributed by atoms with van der Waals surface area (Å²) in [5.41, 5.74) is 0. The van der Waals surface area contributed by atoms with Crippen molar-refractivity contribution in [3.8, 4) is 0 Å². The van der Waals surface area contributed by atoms with Gasteiger partial charge in [-0.3, -0.25) is 0 Å². The van der Waals surface area contributed by atoms with E-state index in [1.54, 1.807) is 0 Å². The molecule has 0 N–H and O–H groups in total. The maximum absolute atomic E-state index is 9.91. The Balaban J connectivity index is 0. The van der Waals surface area contributed by atoms with Crippen LogP contribution in [-0.2, 0) is 9.59 Å². The molecule has 2 nitrogen and oxygen atoms in total. The first-order valence-corrected chi connectivity index (χ1v) is 6.85. The van der Waals surface area contributed by atoms with Crippen molar-refractivity contribution < 1.29 is 9.59 Å². The summed E-state index contributed by atoms with van der Waals surface area (Å²) >= 11 is 0. The van der Waals surface area contributed by atoms with E-state index in [4.69, 9.17) is 0 Å². The van der Waals surface area contributed by atoms with E-state index in [9.17, 15) is 9.59 Å². The molecule has 0 saturated heterocycles. The highest BCUT2D eigenvalue weighted by molar-refractivity contribution is 5.49. The summed E-state index contributed by atoms with van der Waals surface area (Å²) in [5.74, 6) is 0. The third-order valence-electron chi connectivity index (χ3n) is 2.27. The van der Waals surface area contributed by atoms with Crippen molar-refractivity contribution in [1.29, 1.82) is 0 Å². The van der Waals surface area contributed by atoms with Crippen LogP contribution in [0.4, 0.5) is 0 Å². The number of aldehydes is 2. The number of carbonyl (C=O) groups excluding carboxylic acids is 2. The number of unbranched alkanes of at least 4 members (excludes halogenated alkanes) is 6. The van der Waals surface area contributed by atoms with Crippen LogP contribution in [0.1, 0.15) is 71.6 Å². The summed E-state index contributed by atoms with van der Waals surface area (Å²) in [6.45, 7) is 4.28. The monoisotopic (exact) mass is 240 g/mol. The second-order valence-corrected chi connectivity index (χ2v) is 4.02. The molecule has 17 heavy (non-hydrogen) atoms. The molecule has 0 fully saturated rings. The van der Waals surface area contributed by atoms with E-state index >= 15 is 0 Å². The van der Waals surface area contributed by atoms with Gasteiger partial charge in [-0.2, -0.15) is 0 Å². The Hall–Kier alpha value is -0.920. The van der Waals surface area contributed by atoms with Crippen molar-refractivity contribution in [2.75, 3.05) is 0 Å². The van der Waals surface area contributed by atoms with Crippen molar-refractivity contribution in [3.05, 3.63) is 12.2 Å². The summed E-state index contributed by atoms with van der Waals surface area (Å²) in [6.07, 6.45) is 15.8. The van der Waals surface area contributed by atoms with Crippen LogP contribution >= 0.6 is 0 Å². The van der Waals surface area contributed by atoms with Crippen LogP contribution < -0.4 is 0 Å². The summed E-state index contributed by atoms with van der Waals surface area (Å²) in [7, 11) is 0. The molecule has 100 valence electrons. The third-order valence-corrected chi connectivity index (χ3v) is 2.27. The minimum absolute atomic E-state index is 0.671. The van der Waals surface area contributed by atoms with Gasteiger partial charge in [-0.1, -0.05) is 45.3 Å². The topological polar surface area (TPSA) is 34.1 Å². The van der Waals surface area contributed by atoms with Gasteiger partial charge in [0, 0.05) is 12.8 Å². The predicted molar refractivity (Wildman–Crippen MR) is 74.2 cm³/mol. The Kier molecular flexibility index (Phi) is 22.2. The van der Waals surface area contributed by atoms with E-state index in [1.807, 2.05) is 0 Å². The van der Waals surface area contributed by atoms with Crippen molar-refractivity contribution >= 4 is 12.6 Å². The molecule has 0 atom stereocenters. The van der Waals surface area contributed by atoms with Crippen LogP contribution in [0.25, 0.3) is 0 Å². The number of hydrogen-bond acceptors (Lipinski definition) is 2. The molecule has 0 unspecified atom stereocenters. The first-order valence-electron chi connectivity index (χ1n) is 6.85. The molecule has 0 aromatic carbocycles. The van der Waals surface area contributed by atoms with Crippen LogP contribution in [0.5, 0.6) is 0 Å². The van der Waals surface area contributed by atoms with Gasteiger partial charge in [0.1, 0.15) is 12.6 Å². The molecule has 0 amide bonds. The molecule has 2 heteroatoms. The normalized spacial score (nSPS) is 9.76. The molecule has 0 aromatic heterocycles. The molecule has 0 saturated carbocycles. The zero-order chi connectivity index (χ0) is 13.2. The van der Waals surface area contributed by atoms with Gasteiger partial charge in [0.05, 0.1) is 0 Å². The Labute approximate surface area is 106 Å². The summed E-state index contributed by atoms with van der Waals surface area (Å²) in [6, 6.07) is 0. The highest BCUT2D eigenvalue weighted by atomic mass is 16.1. The quantitative estimate of drug-likeness (QED) is 0.320. The maximum atomic E-state index is 9.91. The van der Waals surface area contributed by atoms with Crippen LogP contribution in [0.2, 0.25) is 0 Å². The van der Waals surface area contributed by atoms with Gasteiger partial charge in [-0.15, -0.1) is 0 Å². The van der Waals surface area contributed by atoms with E-state index in [0.29, 0.717) is 6.42 Å². The van der Waals surface area contributed by atoms with Crippen molar-refractivity contribution in [2.45, 2.75) is 71.6 Å². The Morgan fingerprint density at radius 1 is 0.647 bits per heavy atom. The molecule has 0 heterocycles. The Morgan fingerprint density at radius 2 is 1.24 bits per heavy atom. The molecule has 0 rings (SSSR count). The van der Waals surface area contributed by atoms with Crippen LogP contribution in [0, 0.1) is 0 Å². The minimum Gasteiger partial charge on any atom is -0.303 e. The van der Waals surface area contributed by atoms with Gasteiger partial charge in [-0.05, 0) is 25.7 Å². The lowest BCUT2D eigenvalue weighted by atomic mass is 10.2. The van der Waals surface area contributed by atoms with Gasteiger partial charge in [0.15, 0.2) is 0 Å². The average Bonchev–Trinajstić information content (AvgIpc) is 2.36. The highest BCUT2D eigenvalue weighted by Crippen LogP contribution is 2.00. The van der Waals surface area contributed by atoms with Crippen LogP contribution in [0.15, 0.2) is 12.2 Å². The van der Waals surface area contributed by atoms with E-state index in [2.05, 4.69) is 26.0 Å². The van der Waals surface area contributed by atoms with Gasteiger partial charge in [0.2, 0.25) is 0 Å². The molecule has 0 radical (unpaired) electrons. The molecule has 0 aliphatic carbocycles. The van der Waals surface area contributed by atoms with Crippen molar-refractivity contribution in [1.82, 2.24) is 0 Å². The number of hydrogen-bond donors (Lipinski definition) is 0. The molecule has 0 aromatic rings. The van der Waals surface area contributed by atoms with E-state index in [0.717, 1.165) is 38.3 Å². The maximum Gasteiger partial charge on any atom is 0.120 e. The second-order valence-electron chi connectivity index (χ2n) is 4.02. The third kappa shape index (κ3) is 25.4. The van der Waals surface area contributed by atoms with E-state index in [-0.39, 0.29) is 0 Å². The SMILES string of the molecule is CCCCC/C=C\CCC=O.CCCCC=O. The zero-order valence-corrected chi connectivity index (χ0v) is 11.5. The number of allylic oxidation sites excluding steroid dienone is 2. The minimum atomic E-state index is 0.671. The predicted octanol–water partition coefficient (Wildman–Crippen LogP) is 4.48. The van der Waals surface area contributed by atoms with Crippen molar-refractivity contribution in [3.63, 3.8) is 0 Å². The van der Waals surface area contributed by atoms with Gasteiger partial charge in [-0.25, -0.2) is 0 Å². The molecule has 0 spiro atoms. The highest BCUT2D eigenvalue weighted by Gasteiger charge is 1.81. The number of carbonyl (C=O) groups is 2. The van der Waals surface area contributed by atoms with E-state index < -0.39 is 0 Å². The van der Waals surface area contributed by atoms with E-state index in [1.165, 1.54) is 25.7 Å². The number of rotatable bonds is 10. The lowest BCUT2D eigenvalue weighted by Crippen LogP contribution is -1.73. The molecule has 0 aliphatic rings. The molecular formula is C15H28O2. The smallest absolute Gasteiger partial charge is 0.120 e. The fourth-order valence-corrected chi connectivity index (χ4v) is 1.20. The fraction of sp³-hybridized carbons (Fsp3) is 0.733. The summed E-state index contributed by atoms with van der Waals surface area (Å²) in [5, 5.41) is 0. The van der Waals surface area contributed by atoms with Crippen LogP contribution in [-0.4, -0.2) is 12.6 Å². The fourth-order valence-electron chi connectivity index (χ4n) is 1.20.